The van der Waals surface area contributed by atoms with E-state index < -0.39 is 0 Å². The lowest BCUT2D eigenvalue weighted by molar-refractivity contribution is 1.08. The summed E-state index contributed by atoms with van der Waals surface area (Å²) in [6, 6.07) is 4.42. The fraction of sp³-hybridized carbons (Fsp3) is 0.400. The van der Waals surface area contributed by atoms with Crippen LogP contribution in [0.5, 0.6) is 0 Å². The topological polar surface area (TPSA) is 0 Å². The molecule has 0 saturated carbocycles. The third-order valence-corrected chi connectivity index (χ3v) is 4.71. The Morgan fingerprint density at radius 3 is 1.92 bits per heavy atom. The van der Waals surface area contributed by atoms with Crippen LogP contribution in [0.4, 0.5) is 0 Å². The Labute approximate surface area is 93.3 Å². The SMILES string of the molecule is CSc1ccc(C)c(SC)c1SC. The molecular weight excluding hydrogens is 216 g/mol. The van der Waals surface area contributed by atoms with Crippen LogP contribution in [0.2, 0.25) is 0 Å². The molecule has 0 amide bonds. The average Bonchev–Trinajstić information content (AvgIpc) is 2.17. The van der Waals surface area contributed by atoms with Crippen LogP contribution in [-0.4, -0.2) is 18.8 Å². The Morgan fingerprint density at radius 1 is 0.846 bits per heavy atom. The summed E-state index contributed by atoms with van der Waals surface area (Å²) >= 11 is 5.51. The van der Waals surface area contributed by atoms with Gasteiger partial charge in [0.05, 0.1) is 0 Å². The number of benzene rings is 1. The van der Waals surface area contributed by atoms with Crippen molar-refractivity contribution in [3.05, 3.63) is 17.7 Å². The highest BCUT2D eigenvalue weighted by Crippen LogP contribution is 2.37. The smallest absolute Gasteiger partial charge is 0.0344 e. The van der Waals surface area contributed by atoms with E-state index in [4.69, 9.17) is 0 Å². The maximum absolute atomic E-state index is 2.21. The molecule has 72 valence electrons. The van der Waals surface area contributed by atoms with Crippen molar-refractivity contribution in [3.63, 3.8) is 0 Å². The molecule has 1 rings (SSSR count). The third-order valence-electron chi connectivity index (χ3n) is 1.90. The Bertz CT molecular complexity index is 294. The van der Waals surface area contributed by atoms with Crippen LogP contribution in [0.25, 0.3) is 0 Å². The Balaban J connectivity index is 3.27. The van der Waals surface area contributed by atoms with Gasteiger partial charge in [-0.3, -0.25) is 0 Å². The molecule has 0 heterocycles. The van der Waals surface area contributed by atoms with E-state index in [-0.39, 0.29) is 0 Å². The molecule has 0 N–H and O–H groups in total. The van der Waals surface area contributed by atoms with E-state index in [0.717, 1.165) is 0 Å². The van der Waals surface area contributed by atoms with E-state index in [1.807, 2.05) is 35.3 Å². The van der Waals surface area contributed by atoms with Gasteiger partial charge in [-0.2, -0.15) is 0 Å². The lowest BCUT2D eigenvalue weighted by Gasteiger charge is -2.11. The summed E-state index contributed by atoms with van der Waals surface area (Å²) < 4.78 is 0. The van der Waals surface area contributed by atoms with Gasteiger partial charge in [-0.1, -0.05) is 6.07 Å². The van der Waals surface area contributed by atoms with E-state index in [2.05, 4.69) is 37.8 Å². The van der Waals surface area contributed by atoms with Crippen molar-refractivity contribution in [1.82, 2.24) is 0 Å². The second kappa shape index (κ2) is 5.23. The quantitative estimate of drug-likeness (QED) is 0.716. The van der Waals surface area contributed by atoms with Gasteiger partial charge in [0.2, 0.25) is 0 Å². The van der Waals surface area contributed by atoms with Crippen LogP contribution in [0.1, 0.15) is 5.56 Å². The summed E-state index contributed by atoms with van der Waals surface area (Å²) in [5, 5.41) is 0. The van der Waals surface area contributed by atoms with Gasteiger partial charge in [-0.15, -0.1) is 35.3 Å². The van der Waals surface area contributed by atoms with Crippen molar-refractivity contribution in [2.45, 2.75) is 21.6 Å². The van der Waals surface area contributed by atoms with Gasteiger partial charge in [0.25, 0.3) is 0 Å². The second-order valence-electron chi connectivity index (χ2n) is 2.65. The summed E-state index contributed by atoms with van der Waals surface area (Å²) in [6.45, 7) is 2.18. The molecule has 0 aliphatic carbocycles. The molecule has 1 aromatic carbocycles. The summed E-state index contributed by atoms with van der Waals surface area (Å²) in [5.41, 5.74) is 1.38. The molecule has 0 aliphatic heterocycles. The number of thioether (sulfide) groups is 3. The molecule has 0 unspecified atom stereocenters. The molecule has 0 nitrogen and oxygen atoms in total. The van der Waals surface area contributed by atoms with Crippen molar-refractivity contribution in [1.29, 1.82) is 0 Å². The fourth-order valence-corrected chi connectivity index (χ4v) is 4.11. The lowest BCUT2D eigenvalue weighted by Crippen LogP contribution is -1.86. The molecule has 0 fully saturated rings. The van der Waals surface area contributed by atoms with Crippen LogP contribution in [0.3, 0.4) is 0 Å². The van der Waals surface area contributed by atoms with Crippen molar-refractivity contribution < 1.29 is 0 Å². The van der Waals surface area contributed by atoms with Gasteiger partial charge >= 0.3 is 0 Å². The van der Waals surface area contributed by atoms with Crippen molar-refractivity contribution >= 4 is 35.3 Å². The van der Waals surface area contributed by atoms with Crippen LogP contribution in [0.15, 0.2) is 26.8 Å². The van der Waals surface area contributed by atoms with Gasteiger partial charge in [0, 0.05) is 14.7 Å². The average molecular weight is 230 g/mol. The maximum atomic E-state index is 2.21. The van der Waals surface area contributed by atoms with E-state index in [1.165, 1.54) is 20.2 Å². The first-order chi connectivity index (χ1) is 6.24. The minimum atomic E-state index is 1.38. The van der Waals surface area contributed by atoms with E-state index in [0.29, 0.717) is 0 Å². The number of rotatable bonds is 3. The first-order valence-corrected chi connectivity index (χ1v) is 7.67. The first kappa shape index (κ1) is 11.3. The van der Waals surface area contributed by atoms with Crippen LogP contribution >= 0.6 is 35.3 Å². The zero-order valence-corrected chi connectivity index (χ0v) is 10.8. The van der Waals surface area contributed by atoms with Crippen LogP contribution < -0.4 is 0 Å². The van der Waals surface area contributed by atoms with E-state index >= 15 is 0 Å². The first-order valence-electron chi connectivity index (χ1n) is 4.00. The van der Waals surface area contributed by atoms with Crippen molar-refractivity contribution in [2.75, 3.05) is 18.8 Å². The number of hydrogen-bond acceptors (Lipinski definition) is 3. The molecule has 0 aromatic heterocycles. The van der Waals surface area contributed by atoms with Gasteiger partial charge in [-0.25, -0.2) is 0 Å². The predicted molar refractivity (Wildman–Crippen MR) is 66.5 cm³/mol. The largest absolute Gasteiger partial charge is 0.128 e. The molecule has 0 bridgehead atoms. The normalized spacial score (nSPS) is 10.5. The summed E-state index contributed by atoms with van der Waals surface area (Å²) in [7, 11) is 0. The third kappa shape index (κ3) is 2.39. The van der Waals surface area contributed by atoms with Gasteiger partial charge < -0.3 is 0 Å². The molecule has 1 aromatic rings. The highest BCUT2D eigenvalue weighted by atomic mass is 32.2. The Kier molecular flexibility index (Phi) is 4.56. The molecular formula is C10H14S3. The molecule has 0 spiro atoms. The van der Waals surface area contributed by atoms with Crippen molar-refractivity contribution in [3.8, 4) is 0 Å². The van der Waals surface area contributed by atoms with E-state index in [1.54, 1.807) is 0 Å². The standard InChI is InChI=1S/C10H14S3/c1-7-5-6-8(11-2)10(13-4)9(7)12-3/h5-6H,1-4H3. The van der Waals surface area contributed by atoms with Crippen LogP contribution in [0, 0.1) is 6.92 Å². The van der Waals surface area contributed by atoms with Crippen LogP contribution in [-0.2, 0) is 0 Å². The zero-order chi connectivity index (χ0) is 9.84. The molecule has 0 radical (unpaired) electrons. The summed E-state index contributed by atoms with van der Waals surface area (Å²) in [5.74, 6) is 0. The number of hydrogen-bond donors (Lipinski definition) is 0. The van der Waals surface area contributed by atoms with Gasteiger partial charge in [0.15, 0.2) is 0 Å². The van der Waals surface area contributed by atoms with Gasteiger partial charge in [-0.05, 0) is 37.3 Å². The number of aryl methyl sites for hydroxylation is 1. The second-order valence-corrected chi connectivity index (χ2v) is 5.13. The fourth-order valence-electron chi connectivity index (χ4n) is 1.25. The van der Waals surface area contributed by atoms with E-state index in [9.17, 15) is 0 Å². The monoisotopic (exact) mass is 230 g/mol. The lowest BCUT2D eigenvalue weighted by atomic mass is 10.2. The molecule has 0 aliphatic rings. The predicted octanol–water partition coefficient (Wildman–Crippen LogP) is 4.16. The summed E-state index contributed by atoms with van der Waals surface area (Å²) in [4.78, 5) is 4.25. The summed E-state index contributed by atoms with van der Waals surface area (Å²) in [6.07, 6.45) is 6.43. The minimum Gasteiger partial charge on any atom is -0.128 e. The zero-order valence-electron chi connectivity index (χ0n) is 8.38. The molecule has 0 atom stereocenters. The minimum absolute atomic E-state index is 1.38. The van der Waals surface area contributed by atoms with Gasteiger partial charge in [0.1, 0.15) is 0 Å². The maximum Gasteiger partial charge on any atom is 0.0344 e. The van der Waals surface area contributed by atoms with Crippen molar-refractivity contribution in [2.24, 2.45) is 0 Å². The highest BCUT2D eigenvalue weighted by molar-refractivity contribution is 8.03. The molecule has 0 saturated heterocycles. The Morgan fingerprint density at radius 2 is 1.46 bits per heavy atom. The highest BCUT2D eigenvalue weighted by Gasteiger charge is 2.08. The Hall–Kier alpha value is 0.270. The molecule has 3 heteroatoms. The molecule has 13 heavy (non-hydrogen) atoms.